The normalized spacial score (nSPS) is 11.7. The number of hydrogen-bond acceptors (Lipinski definition) is 5. The molecule has 0 atom stereocenters. The first-order valence-electron chi connectivity index (χ1n) is 9.45. The van der Waals surface area contributed by atoms with Crippen molar-refractivity contribution >= 4 is 21.0 Å². The van der Waals surface area contributed by atoms with E-state index < -0.39 is 10.1 Å². The molecule has 0 bridgehead atoms. The summed E-state index contributed by atoms with van der Waals surface area (Å²) in [7, 11) is -3.12. The highest BCUT2D eigenvalue weighted by Crippen LogP contribution is 2.33. The number of oxazole rings is 1. The highest BCUT2D eigenvalue weighted by molar-refractivity contribution is 7.86. The summed E-state index contributed by atoms with van der Waals surface area (Å²) in [5.74, 6) is 0.858. The van der Waals surface area contributed by atoms with E-state index in [4.69, 9.17) is 9.15 Å². The van der Waals surface area contributed by atoms with Crippen LogP contribution in [0.1, 0.15) is 13.3 Å². The Labute approximate surface area is 174 Å². The van der Waals surface area contributed by atoms with E-state index in [2.05, 4.69) is 22.5 Å². The van der Waals surface area contributed by atoms with E-state index in [-0.39, 0.29) is 10.6 Å². The van der Waals surface area contributed by atoms with Crippen molar-refractivity contribution in [1.29, 1.82) is 0 Å². The Morgan fingerprint density at radius 1 is 1.17 bits per heavy atom. The summed E-state index contributed by atoms with van der Waals surface area (Å²) in [6.07, 6.45) is 4.56. The Bertz CT molecular complexity index is 1330. The van der Waals surface area contributed by atoms with Gasteiger partial charge in [0.15, 0.2) is 12.0 Å². The van der Waals surface area contributed by atoms with Gasteiger partial charge in [0.25, 0.3) is 10.1 Å². The number of rotatable bonds is 6. The summed E-state index contributed by atoms with van der Waals surface area (Å²) >= 11 is 0. The Balaban J connectivity index is 1.80. The van der Waals surface area contributed by atoms with Crippen LogP contribution in [-0.4, -0.2) is 25.1 Å². The molecule has 0 amide bonds. The highest BCUT2D eigenvalue weighted by atomic mass is 32.2. The fourth-order valence-corrected chi connectivity index (χ4v) is 4.15. The average molecular weight is 425 g/mol. The van der Waals surface area contributed by atoms with Crippen LogP contribution in [0.2, 0.25) is 0 Å². The van der Waals surface area contributed by atoms with E-state index in [9.17, 15) is 13.0 Å². The van der Waals surface area contributed by atoms with Crippen molar-refractivity contribution in [3.63, 3.8) is 0 Å². The highest BCUT2D eigenvalue weighted by Gasteiger charge is 2.20. The lowest BCUT2D eigenvalue weighted by molar-refractivity contribution is -0.671. The molecular formula is C22H21N2O5S+. The molecule has 30 heavy (non-hydrogen) atoms. The molecule has 0 saturated carbocycles. The van der Waals surface area contributed by atoms with Crippen LogP contribution in [0.3, 0.4) is 0 Å². The first kappa shape index (κ1) is 20.1. The van der Waals surface area contributed by atoms with Crippen LogP contribution in [0.5, 0.6) is 5.75 Å². The molecular weight excluding hydrogens is 404 g/mol. The number of pyridine rings is 1. The average Bonchev–Trinajstić information content (AvgIpc) is 3.23. The monoisotopic (exact) mass is 425 g/mol. The van der Waals surface area contributed by atoms with E-state index in [1.165, 1.54) is 25.4 Å². The lowest BCUT2D eigenvalue weighted by Gasteiger charge is -2.07. The maximum Gasteiger partial charge on any atom is 0.298 e. The van der Waals surface area contributed by atoms with Crippen molar-refractivity contribution in [1.82, 2.24) is 4.98 Å². The minimum atomic E-state index is -4.45. The molecule has 0 aliphatic heterocycles. The van der Waals surface area contributed by atoms with Gasteiger partial charge in [0, 0.05) is 24.1 Å². The van der Waals surface area contributed by atoms with Gasteiger partial charge in [-0.1, -0.05) is 19.1 Å². The van der Waals surface area contributed by atoms with Crippen LogP contribution in [-0.2, 0) is 16.7 Å². The van der Waals surface area contributed by atoms with Crippen molar-refractivity contribution in [2.24, 2.45) is 0 Å². The third-order valence-electron chi connectivity index (χ3n) is 4.85. The Kier molecular flexibility index (Phi) is 5.27. The third kappa shape index (κ3) is 3.67. The maximum absolute atomic E-state index is 11.7. The zero-order valence-electron chi connectivity index (χ0n) is 16.6. The van der Waals surface area contributed by atoms with Gasteiger partial charge in [-0.3, -0.25) is 4.55 Å². The molecule has 2 heterocycles. The lowest BCUT2D eigenvalue weighted by Crippen LogP contribution is -2.33. The number of hydrogen-bond donors (Lipinski definition) is 1. The van der Waals surface area contributed by atoms with Gasteiger partial charge in [-0.15, -0.1) is 0 Å². The predicted octanol–water partition coefficient (Wildman–Crippen LogP) is 4.11. The van der Waals surface area contributed by atoms with E-state index in [0.717, 1.165) is 29.4 Å². The number of ether oxygens (including phenoxy) is 1. The van der Waals surface area contributed by atoms with Crippen molar-refractivity contribution in [3.8, 4) is 28.5 Å². The Morgan fingerprint density at radius 3 is 2.70 bits per heavy atom. The minimum Gasteiger partial charge on any atom is -0.495 e. The first-order valence-corrected chi connectivity index (χ1v) is 10.9. The summed E-state index contributed by atoms with van der Waals surface area (Å²) in [6.45, 7) is 3.04. The lowest BCUT2D eigenvalue weighted by atomic mass is 10.1. The predicted molar refractivity (Wildman–Crippen MR) is 112 cm³/mol. The number of benzene rings is 2. The molecule has 2 aromatic carbocycles. The number of methoxy groups -OCH3 is 1. The van der Waals surface area contributed by atoms with Crippen LogP contribution in [0.25, 0.3) is 33.7 Å². The molecule has 0 unspecified atom stereocenters. The van der Waals surface area contributed by atoms with E-state index in [1.54, 1.807) is 6.07 Å². The minimum absolute atomic E-state index is 0.0514. The summed E-state index contributed by atoms with van der Waals surface area (Å²) < 4.78 is 46.0. The van der Waals surface area contributed by atoms with Crippen LogP contribution in [0.4, 0.5) is 0 Å². The van der Waals surface area contributed by atoms with Crippen LogP contribution in [0, 0.1) is 0 Å². The molecule has 4 rings (SSSR count). The molecule has 8 heteroatoms. The van der Waals surface area contributed by atoms with Crippen molar-refractivity contribution < 1.29 is 26.7 Å². The van der Waals surface area contributed by atoms with E-state index in [0.29, 0.717) is 17.2 Å². The summed E-state index contributed by atoms with van der Waals surface area (Å²) in [4.78, 5) is 4.08. The van der Waals surface area contributed by atoms with Gasteiger partial charge in [0.2, 0.25) is 11.4 Å². The Morgan fingerprint density at radius 2 is 1.97 bits per heavy atom. The molecule has 0 radical (unpaired) electrons. The van der Waals surface area contributed by atoms with Gasteiger partial charge in [0.1, 0.15) is 17.2 Å². The number of fused-ring (bicyclic) bond motifs is 1. The zero-order valence-corrected chi connectivity index (χ0v) is 17.4. The van der Waals surface area contributed by atoms with Gasteiger partial charge >= 0.3 is 0 Å². The first-order chi connectivity index (χ1) is 14.4. The van der Waals surface area contributed by atoms with Gasteiger partial charge < -0.3 is 9.15 Å². The van der Waals surface area contributed by atoms with Crippen molar-refractivity contribution in [2.45, 2.75) is 24.8 Å². The molecule has 4 aromatic rings. The van der Waals surface area contributed by atoms with Crippen molar-refractivity contribution in [3.05, 3.63) is 60.9 Å². The molecule has 154 valence electrons. The molecule has 1 N–H and O–H groups in total. The summed E-state index contributed by atoms with van der Waals surface area (Å²) in [5, 5.41) is 1.01. The molecule has 0 fully saturated rings. The SMILES string of the molecule is CCC[n+]1ccc(-c2ncc(-c3ccc(OC)c(S(=O)(=O)O)c3)o2)c2ccccc21. The van der Waals surface area contributed by atoms with Crippen LogP contribution >= 0.6 is 0 Å². The van der Waals surface area contributed by atoms with Crippen LogP contribution < -0.4 is 9.30 Å². The summed E-state index contributed by atoms with van der Waals surface area (Å²) in [5.41, 5.74) is 2.38. The standard InChI is InChI=1S/C22H20N2O5S/c1-3-11-24-12-10-17(16-6-4-5-7-18(16)24)22-23-14-20(29-22)15-8-9-19(28-2)21(13-15)30(25,26)27/h4-10,12-14H,3,11H2,1-2H3/p+1. The largest absolute Gasteiger partial charge is 0.495 e. The number of aryl methyl sites for hydroxylation is 1. The second-order valence-electron chi connectivity index (χ2n) is 6.81. The zero-order chi connectivity index (χ0) is 21.3. The van der Waals surface area contributed by atoms with E-state index in [1.807, 2.05) is 30.5 Å². The fourth-order valence-electron chi connectivity index (χ4n) is 3.47. The van der Waals surface area contributed by atoms with Gasteiger partial charge in [-0.2, -0.15) is 13.0 Å². The molecule has 0 saturated heterocycles. The summed E-state index contributed by atoms with van der Waals surface area (Å²) in [6, 6.07) is 14.4. The number of aromatic nitrogens is 2. The fraction of sp³-hybridized carbons (Fsp3) is 0.182. The second kappa shape index (κ2) is 7.89. The van der Waals surface area contributed by atoms with E-state index >= 15 is 0 Å². The molecule has 0 spiro atoms. The molecule has 7 nitrogen and oxygen atoms in total. The molecule has 0 aliphatic rings. The van der Waals surface area contributed by atoms with Gasteiger partial charge in [0.05, 0.1) is 24.3 Å². The number of nitrogens with zero attached hydrogens (tertiary/aromatic N) is 2. The third-order valence-corrected chi connectivity index (χ3v) is 5.73. The second-order valence-corrected chi connectivity index (χ2v) is 8.20. The van der Waals surface area contributed by atoms with Gasteiger partial charge in [-0.25, -0.2) is 4.98 Å². The quantitative estimate of drug-likeness (QED) is 0.369. The topological polar surface area (TPSA) is 93.5 Å². The van der Waals surface area contributed by atoms with Gasteiger partial charge in [-0.05, 0) is 24.3 Å². The maximum atomic E-state index is 11.7. The van der Waals surface area contributed by atoms with Crippen LogP contribution in [0.15, 0.2) is 70.2 Å². The molecule has 2 aromatic heterocycles. The van der Waals surface area contributed by atoms with Crippen molar-refractivity contribution in [2.75, 3.05) is 7.11 Å². The molecule has 0 aliphatic carbocycles. The number of para-hydroxylation sites is 1. The smallest absolute Gasteiger partial charge is 0.298 e. The Hall–Kier alpha value is -3.23.